The molecule has 0 N–H and O–H groups in total. The Bertz CT molecular complexity index is 875. The van der Waals surface area contributed by atoms with E-state index in [0.29, 0.717) is 49.3 Å². The second kappa shape index (κ2) is 9.13. The third-order valence-electron chi connectivity index (χ3n) is 4.56. The molecule has 0 radical (unpaired) electrons. The molecule has 1 atom stereocenters. The summed E-state index contributed by atoms with van der Waals surface area (Å²) in [6.07, 6.45) is 5.49. The molecule has 154 valence electrons. The number of hydrazone groups is 1. The fourth-order valence-electron chi connectivity index (χ4n) is 3.13. The van der Waals surface area contributed by atoms with Crippen LogP contribution < -0.4 is 4.90 Å². The van der Waals surface area contributed by atoms with Crippen molar-refractivity contribution in [2.45, 2.75) is 19.4 Å². The number of amides is 2. The molecule has 29 heavy (non-hydrogen) atoms. The molecule has 2 aliphatic heterocycles. The van der Waals surface area contributed by atoms with E-state index >= 15 is 0 Å². The zero-order valence-electron chi connectivity index (χ0n) is 15.9. The van der Waals surface area contributed by atoms with Gasteiger partial charge in [0.15, 0.2) is 0 Å². The van der Waals surface area contributed by atoms with Gasteiger partial charge in [-0.25, -0.2) is 28.6 Å². The van der Waals surface area contributed by atoms with Crippen LogP contribution in [0.15, 0.2) is 53.3 Å². The highest BCUT2D eigenvalue weighted by atomic mass is 35.5. The van der Waals surface area contributed by atoms with Crippen LogP contribution in [0.25, 0.3) is 0 Å². The lowest BCUT2D eigenvalue weighted by molar-refractivity contribution is 0.145. The minimum absolute atomic E-state index is 0.289. The first-order chi connectivity index (χ1) is 13.8. The molecule has 0 saturated carbocycles. The van der Waals surface area contributed by atoms with Crippen molar-refractivity contribution >= 4 is 29.8 Å². The Morgan fingerprint density at radius 3 is 2.66 bits per heavy atom. The molecule has 0 spiro atoms. The molecule has 1 aromatic heterocycles. The van der Waals surface area contributed by atoms with E-state index in [1.54, 1.807) is 23.4 Å². The van der Waals surface area contributed by atoms with Crippen molar-refractivity contribution < 1.29 is 13.6 Å². The molecule has 1 fully saturated rings. The van der Waals surface area contributed by atoms with Crippen molar-refractivity contribution in [1.82, 2.24) is 19.9 Å². The van der Waals surface area contributed by atoms with Gasteiger partial charge >= 0.3 is 6.03 Å². The number of halogens is 3. The summed E-state index contributed by atoms with van der Waals surface area (Å²) in [7, 11) is 0. The third-order valence-corrected chi connectivity index (χ3v) is 4.77. The van der Waals surface area contributed by atoms with E-state index < -0.39 is 17.7 Å². The van der Waals surface area contributed by atoms with Crippen LogP contribution in [0.5, 0.6) is 0 Å². The maximum Gasteiger partial charge on any atom is 0.341 e. The molecule has 2 amide bonds. The molecule has 7 nitrogen and oxygen atoms in total. The highest BCUT2D eigenvalue weighted by molar-refractivity contribution is 6.29. The maximum atomic E-state index is 13.8. The monoisotopic (exact) mass is 422 g/mol. The molecule has 1 aromatic rings. The van der Waals surface area contributed by atoms with Gasteiger partial charge in [-0.3, -0.25) is 0 Å². The van der Waals surface area contributed by atoms with E-state index in [1.165, 1.54) is 5.01 Å². The number of piperazine rings is 1. The number of carbonyl (C=O) groups excluding carboxylic acids is 1. The summed E-state index contributed by atoms with van der Waals surface area (Å²) in [5.41, 5.74) is 0.344. The molecule has 2 aliphatic rings. The number of aromatic nitrogens is 2. The first-order valence-electron chi connectivity index (χ1n) is 9.09. The van der Waals surface area contributed by atoms with Gasteiger partial charge in [-0.1, -0.05) is 18.2 Å². The standard InChI is InChI=1S/C19H21ClF2N6O/c1-13(11-15(22)12-14(2)21)16-3-6-24-28(16)19(29)27-9-7-26(8-10-27)18-23-5-4-17(20)25-18/h4-6,11-12,16H,1,3,7-10H2,2H3/b14-12+,15-11+/t16-/m0/s1. The lowest BCUT2D eigenvalue weighted by Gasteiger charge is -2.37. The van der Waals surface area contributed by atoms with Crippen LogP contribution >= 0.6 is 11.6 Å². The fourth-order valence-corrected chi connectivity index (χ4v) is 3.27. The number of rotatable bonds is 4. The topological polar surface area (TPSA) is 64.9 Å². The Hall–Kier alpha value is -2.81. The van der Waals surface area contributed by atoms with Crippen molar-refractivity contribution in [3.8, 4) is 0 Å². The first kappa shape index (κ1) is 20.9. The highest BCUT2D eigenvalue weighted by Crippen LogP contribution is 2.23. The van der Waals surface area contributed by atoms with Gasteiger partial charge in [-0.2, -0.15) is 5.10 Å². The molecular formula is C19H21ClF2N6O. The minimum atomic E-state index is -0.760. The zero-order valence-corrected chi connectivity index (χ0v) is 16.7. The Morgan fingerprint density at radius 2 is 2.00 bits per heavy atom. The third kappa shape index (κ3) is 5.17. The molecule has 10 heteroatoms. The molecule has 0 unspecified atom stereocenters. The van der Waals surface area contributed by atoms with E-state index in [4.69, 9.17) is 11.6 Å². The number of urea groups is 1. The van der Waals surface area contributed by atoms with Crippen molar-refractivity contribution in [1.29, 1.82) is 0 Å². The first-order valence-corrected chi connectivity index (χ1v) is 9.47. The van der Waals surface area contributed by atoms with Gasteiger partial charge in [0.2, 0.25) is 5.95 Å². The van der Waals surface area contributed by atoms with Crippen LogP contribution in [0, 0.1) is 0 Å². The quantitative estimate of drug-likeness (QED) is 0.548. The largest absolute Gasteiger partial charge is 0.341 e. The summed E-state index contributed by atoms with van der Waals surface area (Å²) in [5, 5.41) is 5.79. The van der Waals surface area contributed by atoms with Crippen LogP contribution in [-0.2, 0) is 0 Å². The Balaban J connectivity index is 1.62. The van der Waals surface area contributed by atoms with Crippen LogP contribution in [0.2, 0.25) is 5.15 Å². The number of hydrogen-bond donors (Lipinski definition) is 0. The summed E-state index contributed by atoms with van der Waals surface area (Å²) >= 11 is 5.91. The van der Waals surface area contributed by atoms with E-state index in [9.17, 15) is 13.6 Å². The molecule has 0 aromatic carbocycles. The van der Waals surface area contributed by atoms with Gasteiger partial charge in [0.1, 0.15) is 11.0 Å². The zero-order chi connectivity index (χ0) is 21.0. The van der Waals surface area contributed by atoms with Crippen LogP contribution in [0.3, 0.4) is 0 Å². The van der Waals surface area contributed by atoms with Crippen LogP contribution in [-0.4, -0.2) is 64.3 Å². The molecule has 0 bridgehead atoms. The number of anilines is 1. The van der Waals surface area contributed by atoms with Gasteiger partial charge in [-0.05, 0) is 24.6 Å². The second-order valence-corrected chi connectivity index (χ2v) is 7.05. The molecular weight excluding hydrogens is 402 g/mol. The lowest BCUT2D eigenvalue weighted by Crippen LogP contribution is -2.53. The maximum absolute atomic E-state index is 13.8. The summed E-state index contributed by atoms with van der Waals surface area (Å²) in [4.78, 5) is 24.9. The summed E-state index contributed by atoms with van der Waals surface area (Å²) in [6, 6.07) is 0.809. The molecule has 1 saturated heterocycles. The summed E-state index contributed by atoms with van der Waals surface area (Å²) < 4.78 is 26.6. The van der Waals surface area contributed by atoms with Gasteiger partial charge in [-0.15, -0.1) is 0 Å². The van der Waals surface area contributed by atoms with E-state index in [0.717, 1.165) is 19.1 Å². The molecule has 3 rings (SSSR count). The molecule has 0 aliphatic carbocycles. The molecule has 3 heterocycles. The van der Waals surface area contributed by atoms with Crippen molar-refractivity contribution in [2.75, 3.05) is 31.1 Å². The van der Waals surface area contributed by atoms with Crippen molar-refractivity contribution in [3.05, 3.63) is 53.4 Å². The minimum Gasteiger partial charge on any atom is -0.337 e. The number of carbonyl (C=O) groups is 1. The Morgan fingerprint density at radius 1 is 1.28 bits per heavy atom. The second-order valence-electron chi connectivity index (χ2n) is 6.67. The van der Waals surface area contributed by atoms with Gasteiger partial charge in [0.05, 0.1) is 11.9 Å². The lowest BCUT2D eigenvalue weighted by atomic mass is 10.1. The van der Waals surface area contributed by atoms with Gasteiger partial charge < -0.3 is 9.80 Å². The average molecular weight is 423 g/mol. The predicted molar refractivity (Wildman–Crippen MR) is 108 cm³/mol. The van der Waals surface area contributed by atoms with E-state index in [-0.39, 0.29) is 6.03 Å². The average Bonchev–Trinajstić information content (AvgIpc) is 3.17. The fraction of sp³-hybridized carbons (Fsp3) is 0.368. The normalized spacial score (nSPS) is 20.4. The summed E-state index contributed by atoms with van der Waals surface area (Å²) in [6.45, 7) is 6.97. The van der Waals surface area contributed by atoms with E-state index in [2.05, 4.69) is 21.6 Å². The number of nitrogens with zero attached hydrogens (tertiary/aromatic N) is 6. The highest BCUT2D eigenvalue weighted by Gasteiger charge is 2.33. The number of hydrogen-bond acceptors (Lipinski definition) is 5. The van der Waals surface area contributed by atoms with Gasteiger partial charge in [0, 0.05) is 51.1 Å². The summed E-state index contributed by atoms with van der Waals surface area (Å²) in [5.74, 6) is -0.889. The number of allylic oxidation sites excluding steroid dienone is 3. The van der Waals surface area contributed by atoms with Gasteiger partial charge in [0.25, 0.3) is 0 Å². The van der Waals surface area contributed by atoms with E-state index in [1.807, 2.05) is 4.90 Å². The Kier molecular flexibility index (Phi) is 6.58. The smallest absolute Gasteiger partial charge is 0.337 e. The SMILES string of the molecule is C=C(/C=C(F)\C=C(/C)F)[C@@H]1CC=NN1C(=O)N1CCN(c2nccc(Cl)n2)CC1. The van der Waals surface area contributed by atoms with Crippen molar-refractivity contribution in [3.63, 3.8) is 0 Å². The predicted octanol–water partition coefficient (Wildman–Crippen LogP) is 3.72. The Labute approximate surface area is 172 Å². The van der Waals surface area contributed by atoms with Crippen LogP contribution in [0.4, 0.5) is 19.5 Å². The van der Waals surface area contributed by atoms with Crippen LogP contribution in [0.1, 0.15) is 13.3 Å². The van der Waals surface area contributed by atoms with Crippen molar-refractivity contribution in [2.24, 2.45) is 5.10 Å².